The Morgan fingerprint density at radius 1 is 1.36 bits per heavy atom. The average Bonchev–Trinajstić information content (AvgIpc) is 3.24. The first kappa shape index (κ1) is 17.7. The summed E-state index contributed by atoms with van der Waals surface area (Å²) in [4.78, 5) is 41.8. The largest absolute Gasteiger partial charge is 0.455 e. The van der Waals surface area contributed by atoms with Crippen LogP contribution in [0.2, 0.25) is 5.15 Å². The fraction of sp³-hybridized carbons (Fsp3) is 0.529. The Morgan fingerprint density at radius 2 is 2.12 bits per heavy atom. The van der Waals surface area contributed by atoms with Crippen molar-refractivity contribution in [3.63, 3.8) is 0 Å². The predicted molar refractivity (Wildman–Crippen MR) is 90.9 cm³/mol. The van der Waals surface area contributed by atoms with Gasteiger partial charge in [-0.05, 0) is 25.0 Å². The van der Waals surface area contributed by atoms with E-state index in [0.717, 1.165) is 25.7 Å². The Kier molecular flexibility index (Phi) is 5.53. The lowest BCUT2D eigenvalue weighted by atomic mass is 10.1. The fourth-order valence-corrected chi connectivity index (χ4v) is 3.55. The number of pyridine rings is 1. The van der Waals surface area contributed by atoms with Crippen LogP contribution in [0.3, 0.4) is 0 Å². The first-order valence-electron chi connectivity index (χ1n) is 8.41. The van der Waals surface area contributed by atoms with Crippen LogP contribution in [0.4, 0.5) is 5.69 Å². The third-order valence-corrected chi connectivity index (χ3v) is 4.94. The van der Waals surface area contributed by atoms with Crippen LogP contribution in [-0.4, -0.2) is 46.9 Å². The van der Waals surface area contributed by atoms with Gasteiger partial charge in [-0.2, -0.15) is 0 Å². The zero-order valence-electron chi connectivity index (χ0n) is 13.7. The van der Waals surface area contributed by atoms with E-state index >= 15 is 0 Å². The number of carbonyl (C=O) groups excluding carboxylic acids is 3. The number of likely N-dealkylation sites (tertiary alicyclic amines) is 1. The third kappa shape index (κ3) is 4.28. The molecule has 1 aliphatic carbocycles. The van der Waals surface area contributed by atoms with Crippen LogP contribution in [0.15, 0.2) is 18.3 Å². The molecule has 0 spiro atoms. The Labute approximate surface area is 150 Å². The van der Waals surface area contributed by atoms with E-state index in [0.29, 0.717) is 12.2 Å². The summed E-state index contributed by atoms with van der Waals surface area (Å²) in [5.74, 6) is -1.51. The summed E-state index contributed by atoms with van der Waals surface area (Å²) in [6.07, 6.45) is 5.92. The molecule has 3 rings (SSSR count). The Hall–Kier alpha value is -2.15. The van der Waals surface area contributed by atoms with Gasteiger partial charge in [0.2, 0.25) is 5.91 Å². The first-order valence-corrected chi connectivity index (χ1v) is 8.79. The van der Waals surface area contributed by atoms with E-state index in [1.165, 1.54) is 6.20 Å². The van der Waals surface area contributed by atoms with Crippen molar-refractivity contribution in [2.75, 3.05) is 18.5 Å². The minimum absolute atomic E-state index is 0.000410. The maximum Gasteiger partial charge on any atom is 0.311 e. The highest BCUT2D eigenvalue weighted by Crippen LogP contribution is 2.29. The van der Waals surface area contributed by atoms with Gasteiger partial charge in [-0.25, -0.2) is 4.98 Å². The van der Waals surface area contributed by atoms with Crippen molar-refractivity contribution in [3.8, 4) is 0 Å². The molecular formula is C17H20ClN3O4. The molecule has 2 heterocycles. The molecule has 0 aromatic carbocycles. The van der Waals surface area contributed by atoms with E-state index in [1.54, 1.807) is 17.0 Å². The number of hydrogen-bond acceptors (Lipinski definition) is 5. The molecular weight excluding hydrogens is 346 g/mol. The molecule has 1 aliphatic heterocycles. The number of rotatable bonds is 5. The molecule has 1 saturated carbocycles. The SMILES string of the molecule is O=C(COC(=O)[C@@H]1CC(=O)N(C2CCCC2)C1)Nc1cccnc1Cl. The number of anilines is 1. The highest BCUT2D eigenvalue weighted by molar-refractivity contribution is 6.32. The van der Waals surface area contributed by atoms with Crippen molar-refractivity contribution in [1.82, 2.24) is 9.88 Å². The van der Waals surface area contributed by atoms with Crippen molar-refractivity contribution in [1.29, 1.82) is 0 Å². The van der Waals surface area contributed by atoms with Gasteiger partial charge in [0.05, 0.1) is 11.6 Å². The number of aromatic nitrogens is 1. The van der Waals surface area contributed by atoms with Crippen LogP contribution in [0.5, 0.6) is 0 Å². The van der Waals surface area contributed by atoms with Crippen molar-refractivity contribution in [3.05, 3.63) is 23.5 Å². The number of hydrogen-bond donors (Lipinski definition) is 1. The minimum atomic E-state index is -0.513. The number of amides is 2. The van der Waals surface area contributed by atoms with E-state index in [9.17, 15) is 14.4 Å². The Balaban J connectivity index is 1.47. The molecule has 2 aliphatic rings. The second-order valence-corrected chi connectivity index (χ2v) is 6.74. The zero-order chi connectivity index (χ0) is 17.8. The lowest BCUT2D eigenvalue weighted by Gasteiger charge is -2.23. The molecule has 0 radical (unpaired) electrons. The summed E-state index contributed by atoms with van der Waals surface area (Å²) in [7, 11) is 0. The van der Waals surface area contributed by atoms with E-state index in [2.05, 4.69) is 10.3 Å². The predicted octanol–water partition coefficient (Wildman–Crippen LogP) is 2.01. The first-order chi connectivity index (χ1) is 12.0. The average molecular weight is 366 g/mol. The van der Waals surface area contributed by atoms with Gasteiger partial charge in [0.15, 0.2) is 11.8 Å². The molecule has 0 bridgehead atoms. The number of carbonyl (C=O) groups is 3. The lowest BCUT2D eigenvalue weighted by molar-refractivity contribution is -0.151. The smallest absolute Gasteiger partial charge is 0.311 e. The third-order valence-electron chi connectivity index (χ3n) is 4.64. The Bertz CT molecular complexity index is 676. The number of esters is 1. The van der Waals surface area contributed by atoms with E-state index < -0.39 is 24.4 Å². The van der Waals surface area contributed by atoms with E-state index in [-0.39, 0.29) is 23.5 Å². The van der Waals surface area contributed by atoms with Gasteiger partial charge >= 0.3 is 5.97 Å². The topological polar surface area (TPSA) is 88.6 Å². The van der Waals surface area contributed by atoms with Gasteiger partial charge in [-0.15, -0.1) is 0 Å². The maximum atomic E-state index is 12.2. The second-order valence-electron chi connectivity index (χ2n) is 6.38. The number of nitrogens with one attached hydrogen (secondary N) is 1. The van der Waals surface area contributed by atoms with Crippen LogP contribution in [0.25, 0.3) is 0 Å². The Morgan fingerprint density at radius 3 is 2.84 bits per heavy atom. The zero-order valence-corrected chi connectivity index (χ0v) is 14.5. The molecule has 1 saturated heterocycles. The fourth-order valence-electron chi connectivity index (χ4n) is 3.38. The van der Waals surface area contributed by atoms with Gasteiger partial charge in [0.1, 0.15) is 0 Å². The maximum absolute atomic E-state index is 12.2. The van der Waals surface area contributed by atoms with Crippen LogP contribution in [-0.2, 0) is 19.1 Å². The summed E-state index contributed by atoms with van der Waals surface area (Å²) in [6, 6.07) is 3.49. The molecule has 1 atom stereocenters. The van der Waals surface area contributed by atoms with E-state index in [1.807, 2.05) is 0 Å². The number of halogens is 1. The summed E-state index contributed by atoms with van der Waals surface area (Å²) in [5.41, 5.74) is 0.355. The normalized spacial score (nSPS) is 20.8. The number of ether oxygens (including phenoxy) is 1. The molecule has 2 amide bonds. The van der Waals surface area contributed by atoms with Gasteiger partial charge < -0.3 is 15.0 Å². The second kappa shape index (κ2) is 7.82. The summed E-state index contributed by atoms with van der Waals surface area (Å²) in [6.45, 7) is -0.0312. The van der Waals surface area contributed by atoms with Crippen molar-refractivity contribution < 1.29 is 19.1 Å². The molecule has 0 unspecified atom stereocenters. The van der Waals surface area contributed by atoms with Crippen LogP contribution >= 0.6 is 11.6 Å². The molecule has 1 aromatic rings. The van der Waals surface area contributed by atoms with Gasteiger partial charge in [0, 0.05) is 25.2 Å². The van der Waals surface area contributed by atoms with Crippen molar-refractivity contribution >= 4 is 35.1 Å². The van der Waals surface area contributed by atoms with E-state index in [4.69, 9.17) is 16.3 Å². The van der Waals surface area contributed by atoms with Crippen molar-refractivity contribution in [2.45, 2.75) is 38.1 Å². The minimum Gasteiger partial charge on any atom is -0.455 e. The monoisotopic (exact) mass is 365 g/mol. The highest BCUT2D eigenvalue weighted by atomic mass is 35.5. The van der Waals surface area contributed by atoms with Gasteiger partial charge in [-0.1, -0.05) is 24.4 Å². The molecule has 25 heavy (non-hydrogen) atoms. The molecule has 7 nitrogen and oxygen atoms in total. The summed E-state index contributed by atoms with van der Waals surface area (Å²) < 4.78 is 5.07. The molecule has 2 fully saturated rings. The number of nitrogens with zero attached hydrogens (tertiary/aromatic N) is 2. The quantitative estimate of drug-likeness (QED) is 0.637. The van der Waals surface area contributed by atoms with Crippen LogP contribution in [0.1, 0.15) is 32.1 Å². The molecule has 134 valence electrons. The lowest BCUT2D eigenvalue weighted by Crippen LogP contribution is -2.35. The van der Waals surface area contributed by atoms with Gasteiger partial charge in [-0.3, -0.25) is 14.4 Å². The van der Waals surface area contributed by atoms with Crippen LogP contribution < -0.4 is 5.32 Å². The molecule has 1 aromatic heterocycles. The highest BCUT2D eigenvalue weighted by Gasteiger charge is 2.39. The summed E-state index contributed by atoms with van der Waals surface area (Å²) in [5, 5.41) is 2.69. The van der Waals surface area contributed by atoms with Crippen molar-refractivity contribution in [2.24, 2.45) is 5.92 Å². The van der Waals surface area contributed by atoms with Gasteiger partial charge in [0.25, 0.3) is 5.91 Å². The summed E-state index contributed by atoms with van der Waals surface area (Å²) >= 11 is 5.85. The van der Waals surface area contributed by atoms with Crippen LogP contribution in [0, 0.1) is 5.92 Å². The standard InChI is InChI=1S/C17H20ClN3O4/c18-16-13(6-3-7-19-16)20-14(22)10-25-17(24)11-8-15(23)21(9-11)12-4-1-2-5-12/h3,6-7,11-12H,1-2,4-5,8-10H2,(H,20,22)/t11-/m1/s1. The molecule has 8 heteroatoms. The molecule has 1 N–H and O–H groups in total.